The van der Waals surface area contributed by atoms with E-state index in [1.165, 1.54) is 0 Å². The smallest absolute Gasteiger partial charge is 0.252 e. The average molecular weight is 187 g/mol. The second-order valence-electron chi connectivity index (χ2n) is 3.21. The molecule has 0 radical (unpaired) electrons. The highest BCUT2D eigenvalue weighted by molar-refractivity contribution is 5.89. The molecule has 1 aliphatic carbocycles. The molecule has 0 aromatic rings. The van der Waals surface area contributed by atoms with E-state index < -0.39 is 6.43 Å². The van der Waals surface area contributed by atoms with Crippen molar-refractivity contribution in [3.8, 4) is 0 Å². The van der Waals surface area contributed by atoms with Gasteiger partial charge in [-0.1, -0.05) is 12.2 Å². The molecule has 0 aromatic carbocycles. The number of dihydropyridines is 1. The van der Waals surface area contributed by atoms with Crippen LogP contribution in [0, 0.1) is 5.92 Å². The number of hydrazine groups is 1. The van der Waals surface area contributed by atoms with Gasteiger partial charge in [-0.05, 0) is 6.42 Å². The van der Waals surface area contributed by atoms with Gasteiger partial charge in [0.2, 0.25) is 0 Å². The number of fused-ring (bicyclic) bond motifs is 2. The van der Waals surface area contributed by atoms with Crippen LogP contribution in [0.2, 0.25) is 0 Å². The Hall–Kier alpha value is -0.970. The van der Waals surface area contributed by atoms with Crippen LogP contribution in [-0.4, -0.2) is 24.8 Å². The van der Waals surface area contributed by atoms with E-state index in [2.05, 4.69) is 21.9 Å². The molecule has 2 bridgehead atoms. The first-order chi connectivity index (χ1) is 6.25. The number of nitrogens with zero attached hydrogens (tertiary/aromatic N) is 1. The summed E-state index contributed by atoms with van der Waals surface area (Å²) in [6.45, 7) is -0.347. The van der Waals surface area contributed by atoms with Crippen LogP contribution in [0.4, 0.5) is 8.78 Å². The van der Waals surface area contributed by atoms with Crippen LogP contribution in [0.1, 0.15) is 6.42 Å². The van der Waals surface area contributed by atoms with E-state index in [1.54, 1.807) is 0 Å². The molecule has 5 heteroatoms. The van der Waals surface area contributed by atoms with Gasteiger partial charge in [-0.3, -0.25) is 4.99 Å². The fraction of sp³-hybridized carbons (Fsp3) is 0.625. The van der Waals surface area contributed by atoms with Crippen molar-refractivity contribution in [2.24, 2.45) is 10.9 Å². The summed E-state index contributed by atoms with van der Waals surface area (Å²) >= 11 is 0. The van der Waals surface area contributed by atoms with Crippen molar-refractivity contribution < 1.29 is 8.78 Å². The van der Waals surface area contributed by atoms with Crippen LogP contribution in [0.25, 0.3) is 0 Å². The third-order valence-corrected chi connectivity index (χ3v) is 2.19. The summed E-state index contributed by atoms with van der Waals surface area (Å²) in [5, 5.41) is 0. The van der Waals surface area contributed by atoms with Crippen molar-refractivity contribution in [2.45, 2.75) is 18.9 Å². The number of amidine groups is 1. The van der Waals surface area contributed by atoms with Gasteiger partial charge in [-0.25, -0.2) is 14.2 Å². The fourth-order valence-corrected chi connectivity index (χ4v) is 1.60. The van der Waals surface area contributed by atoms with Gasteiger partial charge in [0, 0.05) is 5.92 Å². The molecule has 13 heavy (non-hydrogen) atoms. The first-order valence-corrected chi connectivity index (χ1v) is 4.29. The molecule has 3 nitrogen and oxygen atoms in total. The highest BCUT2D eigenvalue weighted by atomic mass is 19.3. The van der Waals surface area contributed by atoms with Gasteiger partial charge in [0.05, 0.1) is 12.6 Å². The van der Waals surface area contributed by atoms with Crippen molar-refractivity contribution in [1.82, 2.24) is 10.9 Å². The summed E-state index contributed by atoms with van der Waals surface area (Å²) in [6, 6.07) is 0.265. The zero-order chi connectivity index (χ0) is 9.26. The lowest BCUT2D eigenvalue weighted by molar-refractivity contribution is 0.143. The topological polar surface area (TPSA) is 36.4 Å². The van der Waals surface area contributed by atoms with Crippen LogP contribution in [0.5, 0.6) is 0 Å². The number of rotatable bonds is 3. The SMILES string of the molecule is FC(F)CNNC1=NC2C=CC1C2. The number of halogens is 2. The molecular weight excluding hydrogens is 176 g/mol. The standard InChI is InChI=1S/C8H11F2N3/c9-7(10)4-11-13-8-5-1-2-6(3-5)12-8/h1-2,5-7,11H,3-4H2,(H,12,13). The predicted molar refractivity (Wildman–Crippen MR) is 45.6 cm³/mol. The van der Waals surface area contributed by atoms with Crippen LogP contribution in [0.3, 0.4) is 0 Å². The molecule has 1 heterocycles. The predicted octanol–water partition coefficient (Wildman–Crippen LogP) is 0.702. The Labute approximate surface area is 74.9 Å². The van der Waals surface area contributed by atoms with Crippen molar-refractivity contribution in [3.63, 3.8) is 0 Å². The molecule has 2 aliphatic rings. The van der Waals surface area contributed by atoms with E-state index in [9.17, 15) is 8.78 Å². The Balaban J connectivity index is 1.75. The lowest BCUT2D eigenvalue weighted by Gasteiger charge is -2.11. The Morgan fingerprint density at radius 2 is 2.38 bits per heavy atom. The Morgan fingerprint density at radius 1 is 1.54 bits per heavy atom. The van der Waals surface area contributed by atoms with E-state index in [-0.39, 0.29) is 12.6 Å². The highest BCUT2D eigenvalue weighted by Crippen LogP contribution is 2.27. The Kier molecular flexibility index (Phi) is 2.26. The van der Waals surface area contributed by atoms with Gasteiger partial charge in [0.25, 0.3) is 6.43 Å². The second kappa shape index (κ2) is 3.41. The first kappa shape index (κ1) is 8.62. The monoisotopic (exact) mass is 187 g/mol. The van der Waals surface area contributed by atoms with Crippen LogP contribution < -0.4 is 10.9 Å². The van der Waals surface area contributed by atoms with Crippen LogP contribution >= 0.6 is 0 Å². The van der Waals surface area contributed by atoms with Crippen molar-refractivity contribution in [3.05, 3.63) is 12.2 Å². The lowest BCUT2D eigenvalue weighted by Crippen LogP contribution is -2.41. The van der Waals surface area contributed by atoms with E-state index in [0.29, 0.717) is 5.92 Å². The van der Waals surface area contributed by atoms with Crippen LogP contribution in [-0.2, 0) is 0 Å². The van der Waals surface area contributed by atoms with Gasteiger partial charge in [0.15, 0.2) is 0 Å². The number of nitrogens with one attached hydrogen (secondary N) is 2. The minimum absolute atomic E-state index is 0.265. The normalized spacial score (nSPS) is 29.9. The maximum atomic E-state index is 11.7. The van der Waals surface area contributed by atoms with Crippen molar-refractivity contribution >= 4 is 5.84 Å². The molecule has 0 amide bonds. The molecule has 2 atom stereocenters. The van der Waals surface area contributed by atoms with Gasteiger partial charge in [-0.2, -0.15) is 0 Å². The molecule has 0 saturated carbocycles. The molecular formula is C8H11F2N3. The minimum Gasteiger partial charge on any atom is -0.309 e. The fourth-order valence-electron chi connectivity index (χ4n) is 1.60. The summed E-state index contributed by atoms with van der Waals surface area (Å²) in [7, 11) is 0. The summed E-state index contributed by atoms with van der Waals surface area (Å²) in [6.07, 6.45) is 2.76. The molecule has 2 unspecified atom stereocenters. The number of hydrogen-bond donors (Lipinski definition) is 2. The zero-order valence-electron chi connectivity index (χ0n) is 7.00. The van der Waals surface area contributed by atoms with Crippen molar-refractivity contribution in [2.75, 3.05) is 6.54 Å². The number of hydrogen-bond acceptors (Lipinski definition) is 3. The third-order valence-electron chi connectivity index (χ3n) is 2.19. The van der Waals surface area contributed by atoms with Gasteiger partial charge in [0.1, 0.15) is 5.84 Å². The quantitative estimate of drug-likeness (QED) is 0.504. The first-order valence-electron chi connectivity index (χ1n) is 4.29. The summed E-state index contributed by atoms with van der Waals surface area (Å²) < 4.78 is 23.5. The molecule has 0 spiro atoms. The van der Waals surface area contributed by atoms with Gasteiger partial charge >= 0.3 is 0 Å². The van der Waals surface area contributed by atoms with E-state index in [4.69, 9.17) is 0 Å². The Morgan fingerprint density at radius 3 is 2.92 bits per heavy atom. The maximum absolute atomic E-state index is 11.7. The van der Waals surface area contributed by atoms with Crippen LogP contribution in [0.15, 0.2) is 17.1 Å². The maximum Gasteiger partial charge on any atom is 0.252 e. The molecule has 0 fully saturated rings. The summed E-state index contributed by atoms with van der Waals surface area (Å²) in [4.78, 5) is 4.26. The number of alkyl halides is 2. The lowest BCUT2D eigenvalue weighted by atomic mass is 10.1. The number of aliphatic imine (C=N–C) groups is 1. The van der Waals surface area contributed by atoms with E-state index in [0.717, 1.165) is 12.3 Å². The van der Waals surface area contributed by atoms with Gasteiger partial charge < -0.3 is 5.43 Å². The highest BCUT2D eigenvalue weighted by Gasteiger charge is 2.29. The minimum atomic E-state index is -2.33. The molecule has 0 aromatic heterocycles. The average Bonchev–Trinajstić information content (AvgIpc) is 2.64. The molecule has 2 N–H and O–H groups in total. The molecule has 2 rings (SSSR count). The molecule has 72 valence electrons. The second-order valence-corrected chi connectivity index (χ2v) is 3.21. The summed E-state index contributed by atoms with van der Waals surface area (Å²) in [5.41, 5.74) is 5.16. The molecule has 1 aliphatic heterocycles. The summed E-state index contributed by atoms with van der Waals surface area (Å²) in [5.74, 6) is 1.09. The van der Waals surface area contributed by atoms with Gasteiger partial charge in [-0.15, -0.1) is 0 Å². The third kappa shape index (κ3) is 1.85. The largest absolute Gasteiger partial charge is 0.309 e. The zero-order valence-corrected chi connectivity index (χ0v) is 7.00. The Bertz CT molecular complexity index is 250. The molecule has 0 saturated heterocycles. The van der Waals surface area contributed by atoms with Crippen molar-refractivity contribution in [1.29, 1.82) is 0 Å². The van der Waals surface area contributed by atoms with E-state index in [1.807, 2.05) is 6.08 Å². The van der Waals surface area contributed by atoms with E-state index >= 15 is 0 Å².